The molecule has 5 nitrogen and oxygen atoms in total. The van der Waals surface area contributed by atoms with Crippen molar-refractivity contribution in [2.45, 2.75) is 53.1 Å². The summed E-state index contributed by atoms with van der Waals surface area (Å²) in [5.74, 6) is 0. The lowest BCUT2D eigenvalue weighted by Gasteiger charge is -2.19. The molecule has 0 bridgehead atoms. The second-order valence-corrected chi connectivity index (χ2v) is 4.91. The highest BCUT2D eigenvalue weighted by Crippen LogP contribution is 2.20. The Morgan fingerprint density at radius 3 is 2.35 bits per heavy atom. The van der Waals surface area contributed by atoms with Crippen LogP contribution in [-0.4, -0.2) is 21.5 Å². The molecule has 0 amide bonds. The van der Waals surface area contributed by atoms with Gasteiger partial charge in [-0.05, 0) is 33.6 Å². The Balaban J connectivity index is 3.09. The van der Waals surface area contributed by atoms with Crippen molar-refractivity contribution in [2.24, 2.45) is 0 Å². The predicted molar refractivity (Wildman–Crippen MR) is 67.0 cm³/mol. The molecule has 96 valence electrons. The highest BCUT2D eigenvalue weighted by Gasteiger charge is 2.23. The lowest BCUT2D eigenvalue weighted by molar-refractivity contribution is 0.0509. The Morgan fingerprint density at radius 2 is 1.94 bits per heavy atom. The van der Waals surface area contributed by atoms with Gasteiger partial charge in [-0.3, -0.25) is 0 Å². The number of carbonyl (C=O) groups is 1. The first kappa shape index (κ1) is 13.5. The molecule has 2 N–H and O–H groups in total. The molecule has 17 heavy (non-hydrogen) atoms. The summed E-state index contributed by atoms with van der Waals surface area (Å²) in [5, 5.41) is 4.20. The first-order valence-corrected chi connectivity index (χ1v) is 5.89. The molecule has 1 aromatic rings. The smallest absolute Gasteiger partial charge is 0.435 e. The fraction of sp³-hybridized carbons (Fsp3) is 0.667. The molecule has 0 unspecified atom stereocenters. The molecule has 0 saturated carbocycles. The molecule has 0 aliphatic rings. The molecule has 0 radical (unpaired) electrons. The van der Waals surface area contributed by atoms with Crippen molar-refractivity contribution in [3.05, 3.63) is 11.4 Å². The van der Waals surface area contributed by atoms with Gasteiger partial charge in [-0.1, -0.05) is 13.8 Å². The van der Waals surface area contributed by atoms with Gasteiger partial charge in [0.25, 0.3) is 0 Å². The van der Waals surface area contributed by atoms with Crippen LogP contribution in [0.4, 0.5) is 10.5 Å². The molecular weight excluding hydrogens is 218 g/mol. The minimum absolute atomic E-state index is 0.472. The van der Waals surface area contributed by atoms with Crippen molar-refractivity contribution in [1.29, 1.82) is 0 Å². The third-order valence-electron chi connectivity index (χ3n) is 2.33. The van der Waals surface area contributed by atoms with Crippen LogP contribution in [0.25, 0.3) is 0 Å². The standard InChI is InChI=1S/C12H21N3O2/c1-6-8-10(13)9(7-2)15(14-8)11(16)17-12(3,4)5/h6-7,13H2,1-5H3. The molecule has 0 saturated heterocycles. The lowest BCUT2D eigenvalue weighted by atomic mass is 10.2. The number of nitrogens with two attached hydrogens (primary N) is 1. The summed E-state index contributed by atoms with van der Waals surface area (Å²) in [6.07, 6.45) is 0.882. The number of hydrogen-bond donors (Lipinski definition) is 1. The Labute approximate surface area is 102 Å². The lowest BCUT2D eigenvalue weighted by Crippen LogP contribution is -2.28. The number of carbonyl (C=O) groups excluding carboxylic acids is 1. The molecule has 0 aliphatic carbocycles. The summed E-state index contributed by atoms with van der Waals surface area (Å²) in [7, 11) is 0. The van der Waals surface area contributed by atoms with Crippen molar-refractivity contribution in [3.8, 4) is 0 Å². The van der Waals surface area contributed by atoms with Crippen molar-refractivity contribution in [1.82, 2.24) is 9.78 Å². The summed E-state index contributed by atoms with van der Waals surface area (Å²) in [5.41, 5.74) is 7.46. The second-order valence-electron chi connectivity index (χ2n) is 4.91. The Bertz CT molecular complexity index is 416. The van der Waals surface area contributed by atoms with E-state index < -0.39 is 11.7 Å². The van der Waals surface area contributed by atoms with Crippen LogP contribution in [0.5, 0.6) is 0 Å². The van der Waals surface area contributed by atoms with Crippen LogP contribution < -0.4 is 5.73 Å². The van der Waals surface area contributed by atoms with E-state index in [2.05, 4.69) is 5.10 Å². The average Bonchev–Trinajstić information content (AvgIpc) is 2.52. The summed E-state index contributed by atoms with van der Waals surface area (Å²) in [4.78, 5) is 11.9. The van der Waals surface area contributed by atoms with E-state index in [4.69, 9.17) is 10.5 Å². The fourth-order valence-corrected chi connectivity index (χ4v) is 1.57. The normalized spacial score (nSPS) is 11.6. The number of aryl methyl sites for hydroxylation is 1. The fourth-order valence-electron chi connectivity index (χ4n) is 1.57. The quantitative estimate of drug-likeness (QED) is 0.860. The summed E-state index contributed by atoms with van der Waals surface area (Å²) in [6, 6.07) is 0. The topological polar surface area (TPSA) is 70.1 Å². The molecular formula is C12H21N3O2. The molecule has 5 heteroatoms. The maximum atomic E-state index is 11.9. The number of rotatable bonds is 2. The molecule has 0 aromatic carbocycles. The molecule has 0 fully saturated rings. The minimum Gasteiger partial charge on any atom is -0.442 e. The van der Waals surface area contributed by atoms with Crippen molar-refractivity contribution in [3.63, 3.8) is 0 Å². The van der Waals surface area contributed by atoms with Gasteiger partial charge in [0.05, 0.1) is 17.1 Å². The van der Waals surface area contributed by atoms with E-state index in [1.54, 1.807) is 0 Å². The number of anilines is 1. The van der Waals surface area contributed by atoms with Crippen LogP contribution in [0.3, 0.4) is 0 Å². The zero-order valence-corrected chi connectivity index (χ0v) is 11.2. The number of nitrogen functional groups attached to an aromatic ring is 1. The van der Waals surface area contributed by atoms with Gasteiger partial charge >= 0.3 is 6.09 Å². The maximum Gasteiger partial charge on any atom is 0.435 e. The van der Waals surface area contributed by atoms with Crippen LogP contribution in [-0.2, 0) is 17.6 Å². The number of nitrogens with zero attached hydrogens (tertiary/aromatic N) is 2. The van der Waals surface area contributed by atoms with Crippen LogP contribution >= 0.6 is 0 Å². The minimum atomic E-state index is -0.533. The van der Waals surface area contributed by atoms with Gasteiger partial charge in [-0.2, -0.15) is 9.78 Å². The van der Waals surface area contributed by atoms with E-state index in [0.29, 0.717) is 18.5 Å². The maximum absolute atomic E-state index is 11.9. The van der Waals surface area contributed by atoms with Crippen LogP contribution in [0, 0.1) is 0 Å². The number of hydrogen-bond acceptors (Lipinski definition) is 4. The van der Waals surface area contributed by atoms with E-state index in [-0.39, 0.29) is 0 Å². The van der Waals surface area contributed by atoms with E-state index in [1.807, 2.05) is 34.6 Å². The van der Waals surface area contributed by atoms with Crippen molar-refractivity contribution >= 4 is 11.8 Å². The first-order chi connectivity index (χ1) is 7.80. The van der Waals surface area contributed by atoms with E-state index >= 15 is 0 Å². The van der Waals surface area contributed by atoms with Crippen LogP contribution in [0.1, 0.15) is 46.0 Å². The van der Waals surface area contributed by atoms with E-state index in [1.165, 1.54) is 4.68 Å². The van der Waals surface area contributed by atoms with Crippen LogP contribution in [0.15, 0.2) is 0 Å². The Morgan fingerprint density at radius 1 is 1.35 bits per heavy atom. The monoisotopic (exact) mass is 239 g/mol. The summed E-state index contributed by atoms with van der Waals surface area (Å²) < 4.78 is 6.56. The largest absolute Gasteiger partial charge is 0.442 e. The molecule has 0 atom stereocenters. The van der Waals surface area contributed by atoms with Crippen molar-refractivity contribution < 1.29 is 9.53 Å². The SMILES string of the molecule is CCc1nn(C(=O)OC(C)(C)C)c(CC)c1N. The Hall–Kier alpha value is -1.52. The molecule has 1 heterocycles. The van der Waals surface area contributed by atoms with Gasteiger partial charge in [0, 0.05) is 0 Å². The average molecular weight is 239 g/mol. The van der Waals surface area contributed by atoms with Crippen LogP contribution in [0.2, 0.25) is 0 Å². The van der Waals surface area contributed by atoms with E-state index in [0.717, 1.165) is 11.4 Å². The van der Waals surface area contributed by atoms with Gasteiger partial charge in [0.1, 0.15) is 5.60 Å². The van der Waals surface area contributed by atoms with Gasteiger partial charge in [0.15, 0.2) is 0 Å². The molecule has 1 rings (SSSR count). The summed E-state index contributed by atoms with van der Waals surface area (Å²) in [6.45, 7) is 9.36. The highest BCUT2D eigenvalue weighted by atomic mass is 16.6. The zero-order valence-electron chi connectivity index (χ0n) is 11.2. The van der Waals surface area contributed by atoms with Crippen molar-refractivity contribution in [2.75, 3.05) is 5.73 Å². The number of aromatic nitrogens is 2. The van der Waals surface area contributed by atoms with E-state index in [9.17, 15) is 4.79 Å². The first-order valence-electron chi connectivity index (χ1n) is 5.89. The highest BCUT2D eigenvalue weighted by molar-refractivity contribution is 5.73. The zero-order chi connectivity index (χ0) is 13.2. The van der Waals surface area contributed by atoms with Gasteiger partial charge in [0.2, 0.25) is 0 Å². The summed E-state index contributed by atoms with van der Waals surface area (Å²) >= 11 is 0. The Kier molecular flexibility index (Phi) is 3.80. The van der Waals surface area contributed by atoms with Gasteiger partial charge in [-0.15, -0.1) is 0 Å². The molecule has 0 aliphatic heterocycles. The third kappa shape index (κ3) is 2.99. The molecule has 1 aromatic heterocycles. The second kappa shape index (κ2) is 4.77. The van der Waals surface area contributed by atoms with Gasteiger partial charge in [-0.25, -0.2) is 4.79 Å². The van der Waals surface area contributed by atoms with Gasteiger partial charge < -0.3 is 10.5 Å². The number of ether oxygens (including phenoxy) is 1. The molecule has 0 spiro atoms. The predicted octanol–water partition coefficient (Wildman–Crippen LogP) is 2.37. The third-order valence-corrected chi connectivity index (χ3v) is 2.33.